The molecule has 0 fully saturated rings. The summed E-state index contributed by atoms with van der Waals surface area (Å²) in [7, 11) is -4.90. The maximum atomic E-state index is 12.8. The lowest BCUT2D eigenvalue weighted by Gasteiger charge is -2.15. The standard InChI is InChI=1S/C14H11F6N3O3S3/c1-7-5-27-12(21-7)28-6-11(24)22-23-29(25,26)10-3-8(13(15,16)17)2-9(4-10)14(18,19)20/h2-5,23H,6H2,1H3,(H,22,24). The molecule has 0 spiro atoms. The van der Waals surface area contributed by atoms with Crippen molar-refractivity contribution in [1.82, 2.24) is 15.2 Å². The summed E-state index contributed by atoms with van der Waals surface area (Å²) in [4.78, 5) is 15.9. The van der Waals surface area contributed by atoms with Gasteiger partial charge in [-0.2, -0.15) is 26.3 Å². The van der Waals surface area contributed by atoms with E-state index in [1.54, 1.807) is 17.7 Å². The molecule has 1 amide bonds. The number of thiazole rings is 1. The number of alkyl halides is 6. The number of aryl methyl sites for hydroxylation is 1. The molecular weight excluding hydrogens is 468 g/mol. The number of hydrogen-bond donors (Lipinski definition) is 2. The molecule has 29 heavy (non-hydrogen) atoms. The summed E-state index contributed by atoms with van der Waals surface area (Å²) < 4.78 is 102. The van der Waals surface area contributed by atoms with E-state index in [0.29, 0.717) is 10.0 Å². The Morgan fingerprint density at radius 3 is 2.10 bits per heavy atom. The molecule has 0 bridgehead atoms. The average molecular weight is 479 g/mol. The highest BCUT2D eigenvalue weighted by Gasteiger charge is 2.38. The molecule has 2 aromatic rings. The fourth-order valence-corrected chi connectivity index (χ4v) is 4.41. The van der Waals surface area contributed by atoms with Gasteiger partial charge in [0.25, 0.3) is 10.0 Å². The Bertz CT molecular complexity index is 970. The van der Waals surface area contributed by atoms with Crippen molar-refractivity contribution in [1.29, 1.82) is 0 Å². The van der Waals surface area contributed by atoms with Crippen LogP contribution in [-0.4, -0.2) is 25.1 Å². The summed E-state index contributed by atoms with van der Waals surface area (Å²) >= 11 is 2.21. The van der Waals surface area contributed by atoms with Crippen molar-refractivity contribution in [2.24, 2.45) is 0 Å². The van der Waals surface area contributed by atoms with E-state index in [-0.39, 0.29) is 24.0 Å². The van der Waals surface area contributed by atoms with Crippen molar-refractivity contribution < 1.29 is 39.6 Å². The molecule has 0 aliphatic rings. The van der Waals surface area contributed by atoms with Gasteiger partial charge >= 0.3 is 12.4 Å². The van der Waals surface area contributed by atoms with Gasteiger partial charge in [0.05, 0.1) is 21.8 Å². The van der Waals surface area contributed by atoms with Crippen LogP contribution in [0.25, 0.3) is 0 Å². The number of halogens is 6. The van der Waals surface area contributed by atoms with Gasteiger partial charge in [-0.05, 0) is 25.1 Å². The van der Waals surface area contributed by atoms with Crippen molar-refractivity contribution in [2.75, 3.05) is 5.75 Å². The zero-order chi connectivity index (χ0) is 22.0. The summed E-state index contributed by atoms with van der Waals surface area (Å²) in [5.41, 5.74) is -1.15. The molecular formula is C14H11F6N3O3S3. The van der Waals surface area contributed by atoms with Crippen molar-refractivity contribution in [3.05, 3.63) is 40.4 Å². The molecule has 15 heteroatoms. The van der Waals surface area contributed by atoms with Crippen LogP contribution >= 0.6 is 23.1 Å². The van der Waals surface area contributed by atoms with Crippen LogP contribution in [-0.2, 0) is 27.2 Å². The third-order valence-corrected chi connectivity index (χ3v) is 6.49. The van der Waals surface area contributed by atoms with E-state index in [1.807, 2.05) is 0 Å². The Morgan fingerprint density at radius 2 is 1.66 bits per heavy atom. The van der Waals surface area contributed by atoms with Crippen molar-refractivity contribution in [3.8, 4) is 0 Å². The molecule has 0 aliphatic heterocycles. The molecule has 1 aromatic heterocycles. The first-order chi connectivity index (χ1) is 13.2. The number of nitrogens with zero attached hydrogens (tertiary/aromatic N) is 1. The maximum absolute atomic E-state index is 12.8. The highest BCUT2D eigenvalue weighted by atomic mass is 32.2. The molecule has 0 aliphatic carbocycles. The molecule has 1 aromatic carbocycles. The van der Waals surface area contributed by atoms with E-state index in [0.717, 1.165) is 11.8 Å². The SMILES string of the molecule is Cc1csc(SCC(=O)NNS(=O)(=O)c2cc(C(F)(F)F)cc(C(F)(F)F)c2)n1. The number of rotatable bonds is 6. The number of nitrogens with one attached hydrogen (secondary N) is 2. The predicted molar refractivity (Wildman–Crippen MR) is 92.5 cm³/mol. The second-order valence-corrected chi connectivity index (χ2v) is 9.20. The lowest BCUT2D eigenvalue weighted by atomic mass is 10.1. The van der Waals surface area contributed by atoms with Gasteiger partial charge in [0.1, 0.15) is 0 Å². The quantitative estimate of drug-likeness (QED) is 0.376. The smallest absolute Gasteiger partial charge is 0.277 e. The van der Waals surface area contributed by atoms with Gasteiger partial charge in [0.2, 0.25) is 5.91 Å². The lowest BCUT2D eigenvalue weighted by Crippen LogP contribution is -2.42. The van der Waals surface area contributed by atoms with E-state index < -0.39 is 44.3 Å². The number of benzene rings is 1. The van der Waals surface area contributed by atoms with Gasteiger partial charge in [-0.25, -0.2) is 13.4 Å². The lowest BCUT2D eigenvalue weighted by molar-refractivity contribution is -0.143. The minimum Gasteiger partial charge on any atom is -0.277 e. The predicted octanol–water partition coefficient (Wildman–Crippen LogP) is 3.59. The monoisotopic (exact) mass is 479 g/mol. The number of sulfonamides is 1. The van der Waals surface area contributed by atoms with Crippen molar-refractivity contribution in [3.63, 3.8) is 0 Å². The number of hydrogen-bond acceptors (Lipinski definition) is 6. The molecule has 0 saturated carbocycles. The molecule has 2 N–H and O–H groups in total. The van der Waals surface area contributed by atoms with Gasteiger partial charge < -0.3 is 0 Å². The first-order valence-electron chi connectivity index (χ1n) is 7.33. The van der Waals surface area contributed by atoms with Crippen LogP contribution in [0.4, 0.5) is 26.3 Å². The number of amides is 1. The average Bonchev–Trinajstić information content (AvgIpc) is 3.01. The first-order valence-corrected chi connectivity index (χ1v) is 10.7. The van der Waals surface area contributed by atoms with Crippen LogP contribution in [0.1, 0.15) is 16.8 Å². The number of carbonyl (C=O) groups excluding carboxylic acids is 1. The minimum absolute atomic E-state index is 0.0385. The van der Waals surface area contributed by atoms with E-state index in [9.17, 15) is 39.6 Å². The minimum atomic E-state index is -5.21. The largest absolute Gasteiger partial charge is 0.416 e. The Hall–Kier alpha value is -1.84. The highest BCUT2D eigenvalue weighted by Crippen LogP contribution is 2.37. The Morgan fingerprint density at radius 1 is 1.10 bits per heavy atom. The summed E-state index contributed by atoms with van der Waals surface area (Å²) in [5.74, 6) is -1.17. The van der Waals surface area contributed by atoms with Crippen LogP contribution in [0, 0.1) is 6.92 Å². The van der Waals surface area contributed by atoms with E-state index >= 15 is 0 Å². The molecule has 0 atom stereocenters. The van der Waals surface area contributed by atoms with Crippen molar-refractivity contribution in [2.45, 2.75) is 28.5 Å². The maximum Gasteiger partial charge on any atom is 0.416 e. The second kappa shape index (κ2) is 8.49. The second-order valence-electron chi connectivity index (χ2n) is 5.44. The molecule has 1 heterocycles. The van der Waals surface area contributed by atoms with Crippen LogP contribution in [0.2, 0.25) is 0 Å². The molecule has 0 unspecified atom stereocenters. The molecule has 6 nitrogen and oxygen atoms in total. The summed E-state index contributed by atoms with van der Waals surface area (Å²) in [6.45, 7) is 1.72. The van der Waals surface area contributed by atoms with E-state index in [4.69, 9.17) is 0 Å². The number of thioether (sulfide) groups is 1. The number of aromatic nitrogens is 1. The summed E-state index contributed by atoms with van der Waals surface area (Å²) in [5, 5.41) is 1.72. The highest BCUT2D eigenvalue weighted by molar-refractivity contribution is 8.01. The topological polar surface area (TPSA) is 88.2 Å². The van der Waals surface area contributed by atoms with Gasteiger partial charge in [-0.3, -0.25) is 10.2 Å². The molecule has 0 radical (unpaired) electrons. The summed E-state index contributed by atoms with van der Waals surface area (Å²) in [6.07, 6.45) is -10.4. The van der Waals surface area contributed by atoms with Crippen molar-refractivity contribution >= 4 is 39.0 Å². The fourth-order valence-electron chi connectivity index (χ4n) is 1.83. The number of hydrazine groups is 1. The molecule has 0 saturated heterocycles. The van der Waals surface area contributed by atoms with Crippen LogP contribution < -0.4 is 10.3 Å². The molecule has 2 rings (SSSR count). The van der Waals surface area contributed by atoms with Gasteiger partial charge in [-0.1, -0.05) is 11.8 Å². The van der Waals surface area contributed by atoms with Gasteiger partial charge in [0.15, 0.2) is 4.34 Å². The van der Waals surface area contributed by atoms with Crippen LogP contribution in [0.5, 0.6) is 0 Å². The van der Waals surface area contributed by atoms with Gasteiger partial charge in [-0.15, -0.1) is 16.2 Å². The van der Waals surface area contributed by atoms with E-state index in [2.05, 4.69) is 4.98 Å². The summed E-state index contributed by atoms with van der Waals surface area (Å²) in [6, 6.07) is -0.127. The normalized spacial score (nSPS) is 12.8. The fraction of sp³-hybridized carbons (Fsp3) is 0.286. The third kappa shape index (κ3) is 6.58. The Balaban J connectivity index is 2.16. The Kier molecular flexibility index (Phi) is 6.86. The number of carbonyl (C=O) groups is 1. The zero-order valence-corrected chi connectivity index (χ0v) is 16.6. The third-order valence-electron chi connectivity index (χ3n) is 3.12. The van der Waals surface area contributed by atoms with Gasteiger partial charge in [0, 0.05) is 11.1 Å². The first kappa shape index (κ1) is 23.4. The van der Waals surface area contributed by atoms with Crippen LogP contribution in [0.3, 0.4) is 0 Å². The van der Waals surface area contributed by atoms with E-state index in [1.165, 1.54) is 16.2 Å². The zero-order valence-electron chi connectivity index (χ0n) is 14.2. The Labute approximate surface area is 168 Å². The molecule has 160 valence electrons. The van der Waals surface area contributed by atoms with Crippen LogP contribution in [0.15, 0.2) is 32.8 Å².